The van der Waals surface area contributed by atoms with Gasteiger partial charge in [-0.2, -0.15) is 0 Å². The van der Waals surface area contributed by atoms with E-state index in [2.05, 4.69) is 10.3 Å². The summed E-state index contributed by atoms with van der Waals surface area (Å²) in [6, 6.07) is 5.58. The van der Waals surface area contributed by atoms with Crippen molar-refractivity contribution < 1.29 is 4.79 Å². The van der Waals surface area contributed by atoms with E-state index in [0.717, 1.165) is 30.7 Å². The first-order chi connectivity index (χ1) is 9.26. The van der Waals surface area contributed by atoms with Crippen molar-refractivity contribution in [3.8, 4) is 0 Å². The summed E-state index contributed by atoms with van der Waals surface area (Å²) < 4.78 is 0. The molecule has 4 nitrogen and oxygen atoms in total. The van der Waals surface area contributed by atoms with Crippen molar-refractivity contribution in [2.75, 3.05) is 25.5 Å². The lowest BCUT2D eigenvalue weighted by Gasteiger charge is -2.22. The molecule has 1 aromatic heterocycles. The van der Waals surface area contributed by atoms with E-state index in [1.165, 1.54) is 25.7 Å². The van der Waals surface area contributed by atoms with Crippen LogP contribution in [0.1, 0.15) is 36.2 Å². The van der Waals surface area contributed by atoms with Gasteiger partial charge in [-0.1, -0.05) is 6.07 Å². The molecule has 19 heavy (non-hydrogen) atoms. The quantitative estimate of drug-likeness (QED) is 0.853. The standard InChI is InChI=1S/C15H21N3O/c1-16-14-4-2-3-13(17-14)15(19)18(9-11-5-6-11)10-12-7-8-12/h2-4,11-12H,5-10H2,1H3,(H,16,17). The lowest BCUT2D eigenvalue weighted by Crippen LogP contribution is -2.35. The first-order valence-electron chi connectivity index (χ1n) is 7.20. The number of carbonyl (C=O) groups excluding carboxylic acids is 1. The highest BCUT2D eigenvalue weighted by Crippen LogP contribution is 2.34. The van der Waals surface area contributed by atoms with Crippen molar-refractivity contribution in [3.05, 3.63) is 23.9 Å². The van der Waals surface area contributed by atoms with Gasteiger partial charge in [0.05, 0.1) is 0 Å². The van der Waals surface area contributed by atoms with Crippen LogP contribution in [-0.2, 0) is 0 Å². The Balaban J connectivity index is 1.72. The minimum atomic E-state index is 0.0934. The summed E-state index contributed by atoms with van der Waals surface area (Å²) in [5, 5.41) is 2.99. The van der Waals surface area contributed by atoms with Crippen LogP contribution in [0.5, 0.6) is 0 Å². The van der Waals surface area contributed by atoms with Gasteiger partial charge in [0, 0.05) is 20.1 Å². The summed E-state index contributed by atoms with van der Waals surface area (Å²) in [6.07, 6.45) is 5.10. The van der Waals surface area contributed by atoms with Crippen LogP contribution in [0.25, 0.3) is 0 Å². The lowest BCUT2D eigenvalue weighted by atomic mass is 10.2. The Labute approximate surface area is 114 Å². The Bertz CT molecular complexity index is 452. The third-order valence-corrected chi connectivity index (χ3v) is 3.86. The molecule has 0 bridgehead atoms. The van der Waals surface area contributed by atoms with E-state index >= 15 is 0 Å². The zero-order valence-electron chi connectivity index (χ0n) is 11.4. The van der Waals surface area contributed by atoms with Crippen LogP contribution in [0.4, 0.5) is 5.82 Å². The third kappa shape index (κ3) is 3.25. The fourth-order valence-corrected chi connectivity index (χ4v) is 2.32. The first kappa shape index (κ1) is 12.5. The molecule has 0 aromatic carbocycles. The molecule has 0 saturated heterocycles. The first-order valence-corrected chi connectivity index (χ1v) is 7.20. The molecule has 0 spiro atoms. The van der Waals surface area contributed by atoms with E-state index < -0.39 is 0 Å². The van der Waals surface area contributed by atoms with E-state index in [9.17, 15) is 4.79 Å². The molecule has 2 aliphatic rings. The fraction of sp³-hybridized carbons (Fsp3) is 0.600. The predicted octanol–water partition coefficient (Wildman–Crippen LogP) is 2.39. The van der Waals surface area contributed by atoms with Gasteiger partial charge in [0.15, 0.2) is 0 Å². The SMILES string of the molecule is CNc1cccc(C(=O)N(CC2CC2)CC2CC2)n1. The molecular formula is C15H21N3O. The zero-order chi connectivity index (χ0) is 13.2. The summed E-state index contributed by atoms with van der Waals surface area (Å²) in [5.74, 6) is 2.31. The second kappa shape index (κ2) is 5.19. The number of anilines is 1. The molecule has 1 amide bonds. The molecule has 0 radical (unpaired) electrons. The van der Waals surface area contributed by atoms with Crippen molar-refractivity contribution in [1.29, 1.82) is 0 Å². The lowest BCUT2D eigenvalue weighted by molar-refractivity contribution is 0.0734. The van der Waals surface area contributed by atoms with Crippen LogP contribution in [0.15, 0.2) is 18.2 Å². The third-order valence-electron chi connectivity index (χ3n) is 3.86. The molecule has 3 rings (SSSR count). The molecule has 1 heterocycles. The van der Waals surface area contributed by atoms with Gasteiger partial charge in [-0.15, -0.1) is 0 Å². The van der Waals surface area contributed by atoms with Gasteiger partial charge in [0.25, 0.3) is 5.91 Å². The highest BCUT2D eigenvalue weighted by atomic mass is 16.2. The van der Waals surface area contributed by atoms with E-state index in [1.54, 1.807) is 0 Å². The van der Waals surface area contributed by atoms with Crippen LogP contribution < -0.4 is 5.32 Å². The number of nitrogens with one attached hydrogen (secondary N) is 1. The molecule has 2 aliphatic carbocycles. The normalized spacial score (nSPS) is 18.2. The highest BCUT2D eigenvalue weighted by Gasteiger charge is 2.32. The number of amides is 1. The molecule has 0 unspecified atom stereocenters. The summed E-state index contributed by atoms with van der Waals surface area (Å²) in [5.41, 5.74) is 0.563. The maximum absolute atomic E-state index is 12.6. The van der Waals surface area contributed by atoms with Gasteiger partial charge in [0.2, 0.25) is 0 Å². The molecule has 4 heteroatoms. The number of nitrogens with zero attached hydrogens (tertiary/aromatic N) is 2. The van der Waals surface area contributed by atoms with Crippen molar-refractivity contribution in [2.45, 2.75) is 25.7 Å². The number of pyridine rings is 1. The highest BCUT2D eigenvalue weighted by molar-refractivity contribution is 5.92. The number of hydrogen-bond acceptors (Lipinski definition) is 3. The second-order valence-electron chi connectivity index (χ2n) is 5.75. The van der Waals surface area contributed by atoms with Crippen molar-refractivity contribution in [1.82, 2.24) is 9.88 Å². The Hall–Kier alpha value is -1.58. The molecule has 0 atom stereocenters. The molecular weight excluding hydrogens is 238 g/mol. The molecule has 1 aromatic rings. The van der Waals surface area contributed by atoms with E-state index in [1.807, 2.05) is 30.1 Å². The molecule has 2 fully saturated rings. The van der Waals surface area contributed by atoms with Gasteiger partial charge < -0.3 is 10.2 Å². The van der Waals surface area contributed by atoms with Crippen LogP contribution in [0, 0.1) is 11.8 Å². The fourth-order valence-electron chi connectivity index (χ4n) is 2.32. The smallest absolute Gasteiger partial charge is 0.272 e. The maximum Gasteiger partial charge on any atom is 0.272 e. The zero-order valence-corrected chi connectivity index (χ0v) is 11.4. The van der Waals surface area contributed by atoms with Crippen LogP contribution >= 0.6 is 0 Å². The predicted molar refractivity (Wildman–Crippen MR) is 75.1 cm³/mol. The summed E-state index contributed by atoms with van der Waals surface area (Å²) in [7, 11) is 1.82. The molecule has 102 valence electrons. The van der Waals surface area contributed by atoms with E-state index in [4.69, 9.17) is 0 Å². The number of carbonyl (C=O) groups is 1. The number of aromatic nitrogens is 1. The summed E-state index contributed by atoms with van der Waals surface area (Å²) in [6.45, 7) is 1.83. The van der Waals surface area contributed by atoms with Gasteiger partial charge in [-0.05, 0) is 49.7 Å². The topological polar surface area (TPSA) is 45.2 Å². The van der Waals surface area contributed by atoms with Gasteiger partial charge in [-0.25, -0.2) is 4.98 Å². The Morgan fingerprint density at radius 3 is 2.42 bits per heavy atom. The molecule has 1 N–H and O–H groups in total. The van der Waals surface area contributed by atoms with Crippen LogP contribution in [0.2, 0.25) is 0 Å². The van der Waals surface area contributed by atoms with Gasteiger partial charge >= 0.3 is 0 Å². The number of rotatable bonds is 6. The van der Waals surface area contributed by atoms with E-state index in [0.29, 0.717) is 5.69 Å². The molecule has 2 saturated carbocycles. The van der Waals surface area contributed by atoms with Gasteiger partial charge in [0.1, 0.15) is 11.5 Å². The maximum atomic E-state index is 12.6. The summed E-state index contributed by atoms with van der Waals surface area (Å²) in [4.78, 5) is 19.0. The average molecular weight is 259 g/mol. The minimum Gasteiger partial charge on any atom is -0.373 e. The van der Waals surface area contributed by atoms with Crippen molar-refractivity contribution >= 4 is 11.7 Å². The van der Waals surface area contributed by atoms with Crippen molar-refractivity contribution in [2.24, 2.45) is 11.8 Å². The Morgan fingerprint density at radius 2 is 1.89 bits per heavy atom. The van der Waals surface area contributed by atoms with Crippen molar-refractivity contribution in [3.63, 3.8) is 0 Å². The van der Waals surface area contributed by atoms with Crippen LogP contribution in [0.3, 0.4) is 0 Å². The summed E-state index contributed by atoms with van der Waals surface area (Å²) >= 11 is 0. The molecule has 0 aliphatic heterocycles. The largest absolute Gasteiger partial charge is 0.373 e. The van der Waals surface area contributed by atoms with E-state index in [-0.39, 0.29) is 5.91 Å². The number of hydrogen-bond donors (Lipinski definition) is 1. The van der Waals surface area contributed by atoms with Crippen LogP contribution in [-0.4, -0.2) is 35.9 Å². The Kier molecular flexibility index (Phi) is 3.40. The minimum absolute atomic E-state index is 0.0934. The monoisotopic (exact) mass is 259 g/mol. The second-order valence-corrected chi connectivity index (χ2v) is 5.75. The Morgan fingerprint density at radius 1 is 1.26 bits per heavy atom. The van der Waals surface area contributed by atoms with Gasteiger partial charge in [-0.3, -0.25) is 4.79 Å². The average Bonchev–Trinajstić information content (AvgIpc) is 3.32.